The summed E-state index contributed by atoms with van der Waals surface area (Å²) in [4.78, 5) is 3.94. The van der Waals surface area contributed by atoms with Gasteiger partial charge in [0.2, 0.25) is 0 Å². The molecule has 0 saturated carbocycles. The molecule has 0 radical (unpaired) electrons. The van der Waals surface area contributed by atoms with Crippen molar-refractivity contribution >= 4 is 26.0 Å². The van der Waals surface area contributed by atoms with Gasteiger partial charge in [0.25, 0.3) is 10.0 Å². The second-order valence-corrected chi connectivity index (χ2v) is 6.93. The third-order valence-electron chi connectivity index (χ3n) is 2.82. The van der Waals surface area contributed by atoms with Crippen LogP contribution >= 0.6 is 15.9 Å². The van der Waals surface area contributed by atoms with E-state index < -0.39 is 15.8 Å². The number of hydrogen-bond donors (Lipinski definition) is 1. The SMILES string of the molecule is Cc1nc(S(=O)(=O)NCc2cc(Br)ccc2F)cn1C. The highest BCUT2D eigenvalue weighted by Crippen LogP contribution is 2.16. The van der Waals surface area contributed by atoms with Crippen molar-refractivity contribution < 1.29 is 12.8 Å². The fourth-order valence-corrected chi connectivity index (χ4v) is 3.03. The number of halogens is 2. The van der Waals surface area contributed by atoms with E-state index in [2.05, 4.69) is 25.6 Å². The van der Waals surface area contributed by atoms with Gasteiger partial charge in [0.05, 0.1) is 0 Å². The Kier molecular flexibility index (Phi) is 4.26. The summed E-state index contributed by atoms with van der Waals surface area (Å²) in [7, 11) is -2.05. The fraction of sp³-hybridized carbons (Fsp3) is 0.250. The lowest BCUT2D eigenvalue weighted by molar-refractivity contribution is 0.571. The molecule has 0 atom stereocenters. The maximum atomic E-state index is 13.5. The van der Waals surface area contributed by atoms with E-state index in [0.29, 0.717) is 10.3 Å². The van der Waals surface area contributed by atoms with Gasteiger partial charge in [-0.3, -0.25) is 0 Å². The molecular weight excluding hydrogens is 349 g/mol. The van der Waals surface area contributed by atoms with Gasteiger partial charge >= 0.3 is 0 Å². The Labute approximate surface area is 125 Å². The molecule has 0 aliphatic heterocycles. The van der Waals surface area contributed by atoms with Crippen molar-refractivity contribution in [3.8, 4) is 0 Å². The van der Waals surface area contributed by atoms with Crippen LogP contribution in [0, 0.1) is 12.7 Å². The van der Waals surface area contributed by atoms with Crippen LogP contribution in [0.5, 0.6) is 0 Å². The third kappa shape index (κ3) is 3.25. The summed E-state index contributed by atoms with van der Waals surface area (Å²) in [5.41, 5.74) is 0.260. The molecule has 0 saturated heterocycles. The van der Waals surface area contributed by atoms with E-state index in [1.807, 2.05) is 0 Å². The van der Waals surface area contributed by atoms with E-state index in [-0.39, 0.29) is 17.1 Å². The molecule has 1 N–H and O–H groups in total. The first-order chi connectivity index (χ1) is 9.29. The van der Waals surface area contributed by atoms with Crippen LogP contribution in [0.25, 0.3) is 0 Å². The van der Waals surface area contributed by atoms with Gasteiger partial charge in [0.15, 0.2) is 5.03 Å². The molecule has 0 aliphatic carbocycles. The number of hydrogen-bond acceptors (Lipinski definition) is 3. The van der Waals surface area contributed by atoms with Gasteiger partial charge in [0.1, 0.15) is 11.6 Å². The molecule has 2 aromatic rings. The van der Waals surface area contributed by atoms with Gasteiger partial charge in [-0.05, 0) is 25.1 Å². The highest BCUT2D eigenvalue weighted by molar-refractivity contribution is 9.10. The molecule has 1 aromatic heterocycles. The predicted octanol–water partition coefficient (Wildman–Crippen LogP) is 2.11. The van der Waals surface area contributed by atoms with Crippen molar-refractivity contribution in [2.45, 2.75) is 18.5 Å². The van der Waals surface area contributed by atoms with Crippen LogP contribution in [0.4, 0.5) is 4.39 Å². The normalized spacial score (nSPS) is 11.8. The first kappa shape index (κ1) is 15.1. The summed E-state index contributed by atoms with van der Waals surface area (Å²) in [6.07, 6.45) is 1.41. The van der Waals surface area contributed by atoms with Gasteiger partial charge < -0.3 is 4.57 Å². The Morgan fingerprint density at radius 2 is 2.15 bits per heavy atom. The number of sulfonamides is 1. The van der Waals surface area contributed by atoms with E-state index in [4.69, 9.17) is 0 Å². The zero-order chi connectivity index (χ0) is 14.9. The zero-order valence-corrected chi connectivity index (χ0v) is 13.3. The molecule has 0 spiro atoms. The standard InChI is InChI=1S/C12H13BrFN3O2S/c1-8-16-12(7-17(8)2)20(18,19)15-6-9-5-10(13)3-4-11(9)14/h3-5,7,15H,6H2,1-2H3. The number of aromatic nitrogens is 2. The van der Waals surface area contributed by atoms with Crippen LogP contribution in [0.3, 0.4) is 0 Å². The molecule has 1 heterocycles. The van der Waals surface area contributed by atoms with Crippen LogP contribution in [0.2, 0.25) is 0 Å². The second-order valence-electron chi connectivity index (χ2n) is 4.30. The average molecular weight is 362 g/mol. The molecule has 0 fully saturated rings. The zero-order valence-electron chi connectivity index (χ0n) is 10.9. The van der Waals surface area contributed by atoms with Gasteiger partial charge in [-0.25, -0.2) is 22.5 Å². The second kappa shape index (κ2) is 5.63. The molecule has 8 heteroatoms. The summed E-state index contributed by atoms with van der Waals surface area (Å²) >= 11 is 3.21. The van der Waals surface area contributed by atoms with Crippen molar-refractivity contribution in [3.63, 3.8) is 0 Å². The van der Waals surface area contributed by atoms with E-state index in [0.717, 1.165) is 0 Å². The quantitative estimate of drug-likeness (QED) is 0.906. The summed E-state index contributed by atoms with van der Waals surface area (Å²) in [5, 5.41) is -0.0760. The third-order valence-corrected chi connectivity index (χ3v) is 4.59. The Balaban J connectivity index is 2.19. The Morgan fingerprint density at radius 3 is 2.75 bits per heavy atom. The maximum absolute atomic E-state index is 13.5. The average Bonchev–Trinajstić information content (AvgIpc) is 2.72. The molecule has 1 aromatic carbocycles. The van der Waals surface area contributed by atoms with E-state index >= 15 is 0 Å². The Hall–Kier alpha value is -1.25. The molecule has 0 bridgehead atoms. The minimum absolute atomic E-state index is 0.0760. The van der Waals surface area contributed by atoms with Gasteiger partial charge in [-0.2, -0.15) is 0 Å². The topological polar surface area (TPSA) is 64.0 Å². The van der Waals surface area contributed by atoms with Crippen molar-refractivity contribution in [1.82, 2.24) is 14.3 Å². The van der Waals surface area contributed by atoms with Gasteiger partial charge in [0, 0.05) is 29.8 Å². The number of benzene rings is 1. The summed E-state index contributed by atoms with van der Waals surface area (Å²) in [6, 6.07) is 4.36. The minimum Gasteiger partial charge on any atom is -0.337 e. The Morgan fingerprint density at radius 1 is 1.45 bits per heavy atom. The first-order valence-electron chi connectivity index (χ1n) is 5.73. The largest absolute Gasteiger partial charge is 0.337 e. The summed E-state index contributed by atoms with van der Waals surface area (Å²) < 4.78 is 42.3. The Bertz CT molecular complexity index is 724. The van der Waals surface area contributed by atoms with Gasteiger partial charge in [-0.15, -0.1) is 0 Å². The lowest BCUT2D eigenvalue weighted by Crippen LogP contribution is -2.24. The van der Waals surface area contributed by atoms with Crippen LogP contribution < -0.4 is 4.72 Å². The van der Waals surface area contributed by atoms with E-state index in [1.54, 1.807) is 24.6 Å². The fourth-order valence-electron chi connectivity index (χ4n) is 1.58. The number of imidazole rings is 1. The lowest BCUT2D eigenvalue weighted by atomic mass is 10.2. The van der Waals surface area contributed by atoms with Crippen LogP contribution in [-0.4, -0.2) is 18.0 Å². The lowest BCUT2D eigenvalue weighted by Gasteiger charge is -2.06. The molecule has 0 aliphatic rings. The summed E-state index contributed by atoms with van der Waals surface area (Å²) in [6.45, 7) is 1.57. The van der Waals surface area contributed by atoms with Crippen molar-refractivity contribution in [2.75, 3.05) is 0 Å². The van der Waals surface area contributed by atoms with Crippen LogP contribution in [-0.2, 0) is 23.6 Å². The highest BCUT2D eigenvalue weighted by Gasteiger charge is 2.18. The number of nitrogens with zero attached hydrogens (tertiary/aromatic N) is 2. The molecular formula is C12H13BrFN3O2S. The molecule has 5 nitrogen and oxygen atoms in total. The van der Waals surface area contributed by atoms with E-state index in [1.165, 1.54) is 18.3 Å². The van der Waals surface area contributed by atoms with Crippen LogP contribution in [0.1, 0.15) is 11.4 Å². The summed E-state index contributed by atoms with van der Waals surface area (Å²) in [5.74, 6) is 0.118. The monoisotopic (exact) mass is 361 g/mol. The van der Waals surface area contributed by atoms with Crippen molar-refractivity contribution in [1.29, 1.82) is 0 Å². The molecule has 2 rings (SSSR count). The smallest absolute Gasteiger partial charge is 0.259 e. The van der Waals surface area contributed by atoms with Crippen molar-refractivity contribution in [2.24, 2.45) is 7.05 Å². The van der Waals surface area contributed by atoms with Crippen LogP contribution in [0.15, 0.2) is 33.9 Å². The molecule has 0 amide bonds. The van der Waals surface area contributed by atoms with E-state index in [9.17, 15) is 12.8 Å². The van der Waals surface area contributed by atoms with Gasteiger partial charge in [-0.1, -0.05) is 15.9 Å². The molecule has 20 heavy (non-hydrogen) atoms. The first-order valence-corrected chi connectivity index (χ1v) is 8.01. The highest BCUT2D eigenvalue weighted by atomic mass is 79.9. The predicted molar refractivity (Wildman–Crippen MR) is 76.1 cm³/mol. The molecule has 108 valence electrons. The molecule has 0 unspecified atom stereocenters. The maximum Gasteiger partial charge on any atom is 0.259 e. The van der Waals surface area contributed by atoms with Crippen molar-refractivity contribution in [3.05, 3.63) is 46.1 Å². The number of nitrogens with one attached hydrogen (secondary N) is 1. The number of rotatable bonds is 4. The number of aryl methyl sites for hydroxylation is 2. The minimum atomic E-state index is -3.75.